The van der Waals surface area contributed by atoms with Gasteiger partial charge in [0.1, 0.15) is 6.04 Å². The molecule has 5 aliphatic rings. The quantitative estimate of drug-likeness (QED) is 0.644. The van der Waals surface area contributed by atoms with E-state index >= 15 is 0 Å². The molecule has 1 aromatic carbocycles. The Morgan fingerprint density at radius 2 is 2.11 bits per heavy atom. The molecule has 2 saturated heterocycles. The molecule has 144 valence electrons. The maximum atomic E-state index is 13.1. The third-order valence-corrected chi connectivity index (χ3v) is 10.0. The molecular formula is C23H31N2O2+. The fourth-order valence-electron chi connectivity index (χ4n) is 9.47. The van der Waals surface area contributed by atoms with Crippen molar-refractivity contribution < 1.29 is 14.0 Å². The number of carbonyl (C=O) groups is 1. The number of nitrogens with one attached hydrogen (secondary N) is 1. The number of carbonyl (C=O) groups excluding carboxylic acids is 1. The Bertz CT molecular complexity index is 855. The second-order valence-electron chi connectivity index (χ2n) is 9.98. The molecule has 0 amide bonds. The van der Waals surface area contributed by atoms with Crippen molar-refractivity contribution >= 4 is 11.7 Å². The predicted molar refractivity (Wildman–Crippen MR) is 104 cm³/mol. The maximum absolute atomic E-state index is 13.1. The van der Waals surface area contributed by atoms with Gasteiger partial charge in [0.05, 0.1) is 43.6 Å². The molecule has 2 aliphatic carbocycles. The highest BCUT2D eigenvalue weighted by Crippen LogP contribution is 2.81. The molecule has 4 heteroatoms. The van der Waals surface area contributed by atoms with Crippen LogP contribution < -0.4 is 5.32 Å². The summed E-state index contributed by atoms with van der Waals surface area (Å²) >= 11 is 0. The fourth-order valence-corrected chi connectivity index (χ4v) is 9.47. The Kier molecular flexibility index (Phi) is 2.86. The average Bonchev–Trinajstić information content (AvgIpc) is 3.34. The number of ether oxygens (including phenoxy) is 1. The lowest BCUT2D eigenvalue weighted by Crippen LogP contribution is -2.68. The van der Waals surface area contributed by atoms with Gasteiger partial charge in [-0.1, -0.05) is 25.1 Å². The van der Waals surface area contributed by atoms with E-state index in [1.165, 1.54) is 54.6 Å². The van der Waals surface area contributed by atoms with Gasteiger partial charge in [-0.2, -0.15) is 0 Å². The molecule has 1 aromatic rings. The van der Waals surface area contributed by atoms with Gasteiger partial charge in [0, 0.05) is 17.5 Å². The standard InChI is InChI=1S/C23H31N2O2/c1-4-25-12-7-10-21-14-17(19(26)27-3)23(15(21)2)22(11-13-25,20(21)25)16-8-5-6-9-18(16)24-23/h5-6,8-9,15,17,20,24H,4,7,10-14H2,1-3H3/q+1/t15-,17+,20-,21+,22+,23-,25-/m0/s1. The minimum Gasteiger partial charge on any atom is -0.469 e. The van der Waals surface area contributed by atoms with E-state index in [9.17, 15) is 4.79 Å². The largest absolute Gasteiger partial charge is 0.469 e. The van der Waals surface area contributed by atoms with Crippen LogP contribution in [0.15, 0.2) is 24.3 Å². The zero-order valence-corrected chi connectivity index (χ0v) is 16.8. The smallest absolute Gasteiger partial charge is 0.311 e. The van der Waals surface area contributed by atoms with E-state index in [4.69, 9.17) is 4.74 Å². The number of fused-ring (bicyclic) bond motifs is 1. The number of hydrogen-bond acceptors (Lipinski definition) is 3. The van der Waals surface area contributed by atoms with Gasteiger partial charge in [-0.3, -0.25) is 4.79 Å². The highest BCUT2D eigenvalue weighted by Gasteiger charge is 2.90. The summed E-state index contributed by atoms with van der Waals surface area (Å²) in [6.45, 7) is 8.66. The Morgan fingerprint density at radius 1 is 1.30 bits per heavy atom. The molecule has 2 saturated carbocycles. The van der Waals surface area contributed by atoms with Crippen LogP contribution in [-0.2, 0) is 14.9 Å². The molecule has 0 radical (unpaired) electrons. The van der Waals surface area contributed by atoms with Crippen LogP contribution in [0.25, 0.3) is 0 Å². The van der Waals surface area contributed by atoms with Crippen molar-refractivity contribution in [2.24, 2.45) is 17.3 Å². The Labute approximate surface area is 161 Å². The van der Waals surface area contributed by atoms with Gasteiger partial charge in [0.25, 0.3) is 0 Å². The first kappa shape index (κ1) is 16.4. The monoisotopic (exact) mass is 367 g/mol. The zero-order chi connectivity index (χ0) is 18.7. The first-order valence-corrected chi connectivity index (χ1v) is 10.8. The van der Waals surface area contributed by atoms with Crippen molar-refractivity contribution in [1.29, 1.82) is 0 Å². The molecule has 1 N–H and O–H groups in total. The van der Waals surface area contributed by atoms with E-state index in [0.717, 1.165) is 6.42 Å². The molecule has 3 heterocycles. The molecule has 7 atom stereocenters. The van der Waals surface area contributed by atoms with Crippen molar-refractivity contribution in [3.05, 3.63) is 29.8 Å². The summed E-state index contributed by atoms with van der Waals surface area (Å²) in [5, 5.41) is 4.02. The van der Waals surface area contributed by atoms with Gasteiger partial charge < -0.3 is 14.5 Å². The second-order valence-corrected chi connectivity index (χ2v) is 9.98. The Hall–Kier alpha value is -1.55. The van der Waals surface area contributed by atoms with Crippen LogP contribution >= 0.6 is 0 Å². The highest BCUT2D eigenvalue weighted by molar-refractivity contribution is 5.82. The van der Waals surface area contributed by atoms with Gasteiger partial charge in [-0.25, -0.2) is 0 Å². The van der Waals surface area contributed by atoms with Crippen molar-refractivity contribution in [3.8, 4) is 0 Å². The number of likely N-dealkylation sites (N-methyl/N-ethyl adjacent to an activating group) is 1. The molecule has 3 spiro atoms. The number of piperidine rings is 1. The van der Waals surface area contributed by atoms with Crippen molar-refractivity contribution in [2.45, 2.75) is 56.5 Å². The molecular weight excluding hydrogens is 336 g/mol. The normalized spacial score (nSPS) is 50.7. The van der Waals surface area contributed by atoms with Gasteiger partial charge in [-0.15, -0.1) is 0 Å². The number of rotatable bonds is 2. The van der Waals surface area contributed by atoms with Crippen LogP contribution in [0, 0.1) is 17.3 Å². The summed E-state index contributed by atoms with van der Waals surface area (Å²) in [6.07, 6.45) is 4.79. The number of benzene rings is 1. The number of methoxy groups -OCH3 is 1. The number of hydrogen-bond donors (Lipinski definition) is 1. The van der Waals surface area contributed by atoms with E-state index in [2.05, 4.69) is 43.4 Å². The predicted octanol–water partition coefficient (Wildman–Crippen LogP) is 3.32. The number of nitrogens with zero attached hydrogens (tertiary/aromatic N) is 1. The lowest BCUT2D eigenvalue weighted by molar-refractivity contribution is -0.952. The van der Waals surface area contributed by atoms with Crippen LogP contribution in [0.3, 0.4) is 0 Å². The van der Waals surface area contributed by atoms with Crippen LogP contribution in [0.5, 0.6) is 0 Å². The minimum atomic E-state index is -0.173. The summed E-state index contributed by atoms with van der Waals surface area (Å²) in [4.78, 5) is 13.1. The van der Waals surface area contributed by atoms with Crippen LogP contribution in [0.2, 0.25) is 0 Å². The van der Waals surface area contributed by atoms with Gasteiger partial charge in [0.15, 0.2) is 0 Å². The Morgan fingerprint density at radius 3 is 2.89 bits per heavy atom. The number of esters is 1. The fraction of sp³-hybridized carbons (Fsp3) is 0.696. The third kappa shape index (κ3) is 1.38. The van der Waals surface area contributed by atoms with Gasteiger partial charge in [-0.05, 0) is 43.7 Å². The highest BCUT2D eigenvalue weighted by atomic mass is 16.5. The SMILES string of the molecule is CC[N@+]12CCC[C@]34C[C@H](C(=O)OC)[C@@]5(Nc6ccccc6[C@]5(CC1)[C@H]32)[C@H]4C. The number of para-hydroxylation sites is 1. The molecule has 0 aromatic heterocycles. The summed E-state index contributed by atoms with van der Waals surface area (Å²) in [5.41, 5.74) is 2.94. The lowest BCUT2D eigenvalue weighted by atomic mass is 9.56. The van der Waals surface area contributed by atoms with Crippen molar-refractivity contribution in [1.82, 2.24) is 0 Å². The second kappa shape index (κ2) is 4.71. The van der Waals surface area contributed by atoms with E-state index in [1.54, 1.807) is 7.11 Å². The molecule has 0 unspecified atom stereocenters. The molecule has 27 heavy (non-hydrogen) atoms. The molecule has 3 aliphatic heterocycles. The zero-order valence-electron chi connectivity index (χ0n) is 16.8. The first-order valence-electron chi connectivity index (χ1n) is 10.8. The van der Waals surface area contributed by atoms with Crippen molar-refractivity contribution in [3.63, 3.8) is 0 Å². The molecule has 4 fully saturated rings. The average molecular weight is 368 g/mol. The van der Waals surface area contributed by atoms with Crippen LogP contribution in [0.4, 0.5) is 5.69 Å². The minimum absolute atomic E-state index is 0.00364. The lowest BCUT2D eigenvalue weighted by Gasteiger charge is -2.55. The number of anilines is 1. The van der Waals surface area contributed by atoms with E-state index < -0.39 is 0 Å². The molecule has 6 rings (SSSR count). The maximum Gasteiger partial charge on any atom is 0.311 e. The topological polar surface area (TPSA) is 38.3 Å². The first-order chi connectivity index (χ1) is 13.0. The summed E-state index contributed by atoms with van der Waals surface area (Å²) in [5.74, 6) is 0.469. The van der Waals surface area contributed by atoms with E-state index in [1.807, 2.05) is 0 Å². The van der Waals surface area contributed by atoms with Crippen LogP contribution in [-0.4, -0.2) is 48.8 Å². The van der Waals surface area contributed by atoms with E-state index in [-0.39, 0.29) is 28.3 Å². The van der Waals surface area contributed by atoms with E-state index in [0.29, 0.717) is 12.0 Å². The molecule has 4 nitrogen and oxygen atoms in total. The number of quaternary nitrogens is 1. The summed E-state index contributed by atoms with van der Waals surface area (Å²) in [6, 6.07) is 9.58. The van der Waals surface area contributed by atoms with Gasteiger partial charge >= 0.3 is 5.97 Å². The molecule has 2 bridgehead atoms. The summed E-state index contributed by atoms with van der Waals surface area (Å²) in [7, 11) is 1.57. The third-order valence-electron chi connectivity index (χ3n) is 10.0. The summed E-state index contributed by atoms with van der Waals surface area (Å²) < 4.78 is 6.66. The van der Waals surface area contributed by atoms with Crippen molar-refractivity contribution in [2.75, 3.05) is 32.1 Å². The van der Waals surface area contributed by atoms with Crippen LogP contribution in [0.1, 0.15) is 45.1 Å². The van der Waals surface area contributed by atoms with Gasteiger partial charge in [0.2, 0.25) is 0 Å². The Balaban J connectivity index is 1.68.